The molecule has 1 aromatic heterocycles. The minimum Gasteiger partial charge on any atom is -0.337 e. The van der Waals surface area contributed by atoms with Crippen molar-refractivity contribution in [1.82, 2.24) is 14.5 Å². The summed E-state index contributed by atoms with van der Waals surface area (Å²) in [6.07, 6.45) is 7.16. The predicted octanol–water partition coefficient (Wildman–Crippen LogP) is 4.58. The van der Waals surface area contributed by atoms with Crippen LogP contribution in [0.15, 0.2) is 78.2 Å². The molecule has 1 amide bonds. The van der Waals surface area contributed by atoms with Crippen LogP contribution in [0.25, 0.3) is 0 Å². The van der Waals surface area contributed by atoms with Crippen LogP contribution in [-0.4, -0.2) is 32.7 Å². The van der Waals surface area contributed by atoms with Crippen LogP contribution in [0.4, 0.5) is 0 Å². The average Bonchev–Trinajstić information content (AvgIpc) is 3.48. The lowest BCUT2D eigenvalue weighted by Gasteiger charge is -2.23. The molecular weight excluding hydrogens is 366 g/mol. The molecule has 0 bridgehead atoms. The first-order chi connectivity index (χ1) is 13.8. The summed E-state index contributed by atoms with van der Waals surface area (Å²) < 4.78 is 2.21. The second kappa shape index (κ2) is 9.11. The number of imidazole rings is 1. The minimum atomic E-state index is 0.162. The summed E-state index contributed by atoms with van der Waals surface area (Å²) in [5.41, 5.74) is 2.42. The summed E-state index contributed by atoms with van der Waals surface area (Å²) in [4.78, 5) is 19.4. The van der Waals surface area contributed by atoms with Crippen LogP contribution in [0.2, 0.25) is 0 Å². The van der Waals surface area contributed by atoms with Crippen molar-refractivity contribution in [3.05, 3.63) is 84.2 Å². The van der Waals surface area contributed by atoms with Gasteiger partial charge in [0.2, 0.25) is 5.91 Å². The molecule has 0 N–H and O–H groups in total. The topological polar surface area (TPSA) is 38.1 Å². The zero-order chi connectivity index (χ0) is 19.2. The van der Waals surface area contributed by atoms with Crippen molar-refractivity contribution in [3.63, 3.8) is 0 Å². The molecule has 1 heterocycles. The number of hydrogen-bond donors (Lipinski definition) is 0. The fourth-order valence-electron chi connectivity index (χ4n) is 3.26. The molecule has 2 aromatic carbocycles. The number of carbonyl (C=O) groups excluding carboxylic acids is 1. The first kappa shape index (κ1) is 18.8. The highest BCUT2D eigenvalue weighted by Gasteiger charge is 2.26. The van der Waals surface area contributed by atoms with Gasteiger partial charge in [-0.2, -0.15) is 0 Å². The molecule has 1 fully saturated rings. The number of amides is 1. The van der Waals surface area contributed by atoms with Crippen LogP contribution in [0.3, 0.4) is 0 Å². The Hall–Kier alpha value is -2.53. The molecule has 0 saturated heterocycles. The van der Waals surface area contributed by atoms with Gasteiger partial charge in [-0.25, -0.2) is 4.98 Å². The van der Waals surface area contributed by atoms with Crippen molar-refractivity contribution in [1.29, 1.82) is 0 Å². The van der Waals surface area contributed by atoms with Crippen LogP contribution in [0, 0.1) is 0 Å². The van der Waals surface area contributed by atoms with E-state index >= 15 is 0 Å². The van der Waals surface area contributed by atoms with Crippen molar-refractivity contribution >= 4 is 17.7 Å². The van der Waals surface area contributed by atoms with Crippen LogP contribution in [0.5, 0.6) is 0 Å². The summed E-state index contributed by atoms with van der Waals surface area (Å²) in [5, 5.41) is 0.957. The molecule has 1 aliphatic carbocycles. The number of rotatable bonds is 9. The molecule has 5 heteroatoms. The zero-order valence-corrected chi connectivity index (χ0v) is 16.7. The van der Waals surface area contributed by atoms with Crippen molar-refractivity contribution in [2.45, 2.75) is 37.0 Å². The third-order valence-corrected chi connectivity index (χ3v) is 5.95. The highest BCUT2D eigenvalue weighted by atomic mass is 32.2. The summed E-state index contributed by atoms with van der Waals surface area (Å²) >= 11 is 1.55. The van der Waals surface area contributed by atoms with Gasteiger partial charge in [-0.1, -0.05) is 72.4 Å². The lowest BCUT2D eigenvalue weighted by molar-refractivity contribution is -0.128. The average molecular weight is 392 g/mol. The van der Waals surface area contributed by atoms with Gasteiger partial charge in [-0.3, -0.25) is 4.79 Å². The second-order valence-electron chi connectivity index (χ2n) is 7.17. The van der Waals surface area contributed by atoms with Gasteiger partial charge in [0.25, 0.3) is 0 Å². The normalized spacial score (nSPS) is 13.4. The van der Waals surface area contributed by atoms with Crippen LogP contribution in [0.1, 0.15) is 30.0 Å². The van der Waals surface area contributed by atoms with Crippen LogP contribution < -0.4 is 0 Å². The van der Waals surface area contributed by atoms with Crippen LogP contribution in [-0.2, 0) is 17.8 Å². The van der Waals surface area contributed by atoms with Crippen molar-refractivity contribution < 1.29 is 4.79 Å². The molecule has 0 spiro atoms. The van der Waals surface area contributed by atoms with Gasteiger partial charge in [0.1, 0.15) is 0 Å². The van der Waals surface area contributed by atoms with E-state index in [0.717, 1.165) is 23.7 Å². The molecule has 1 saturated carbocycles. The van der Waals surface area contributed by atoms with Gasteiger partial charge >= 0.3 is 0 Å². The van der Waals surface area contributed by atoms with E-state index < -0.39 is 0 Å². The Labute approximate surface area is 170 Å². The van der Waals surface area contributed by atoms with Gasteiger partial charge in [-0.05, 0) is 30.4 Å². The fraction of sp³-hybridized carbons (Fsp3) is 0.304. The van der Waals surface area contributed by atoms with Crippen molar-refractivity contribution in [2.75, 3.05) is 12.3 Å². The number of aromatic nitrogens is 2. The summed E-state index contributed by atoms with van der Waals surface area (Å²) in [5.74, 6) is 0.584. The number of carbonyl (C=O) groups is 1. The molecule has 4 nitrogen and oxygen atoms in total. The van der Waals surface area contributed by atoms with E-state index in [2.05, 4.69) is 33.8 Å². The maximum atomic E-state index is 13.0. The molecule has 3 aromatic rings. The van der Waals surface area contributed by atoms with E-state index in [-0.39, 0.29) is 5.91 Å². The molecule has 0 radical (unpaired) electrons. The number of benzene rings is 2. The van der Waals surface area contributed by atoms with E-state index in [1.807, 2.05) is 53.7 Å². The maximum absolute atomic E-state index is 13.0. The van der Waals surface area contributed by atoms with E-state index in [0.29, 0.717) is 18.3 Å². The lowest BCUT2D eigenvalue weighted by atomic mass is 10.1. The molecule has 0 unspecified atom stereocenters. The van der Waals surface area contributed by atoms with Crippen molar-refractivity contribution in [2.24, 2.45) is 0 Å². The highest BCUT2D eigenvalue weighted by molar-refractivity contribution is 7.99. The monoisotopic (exact) mass is 391 g/mol. The third-order valence-electron chi connectivity index (χ3n) is 4.98. The first-order valence-corrected chi connectivity index (χ1v) is 10.8. The molecule has 0 aliphatic heterocycles. The Bertz CT molecular complexity index is 890. The quantitative estimate of drug-likeness (QED) is 0.501. The highest BCUT2D eigenvalue weighted by Crippen LogP contribution is 2.37. The zero-order valence-electron chi connectivity index (χ0n) is 15.9. The largest absolute Gasteiger partial charge is 0.337 e. The van der Waals surface area contributed by atoms with Gasteiger partial charge in [0.15, 0.2) is 5.16 Å². The second-order valence-corrected chi connectivity index (χ2v) is 8.12. The Kier molecular flexibility index (Phi) is 6.12. The summed E-state index contributed by atoms with van der Waals surface area (Å²) in [6.45, 7) is 1.36. The fourth-order valence-corrected chi connectivity index (χ4v) is 4.19. The number of hydrogen-bond acceptors (Lipinski definition) is 3. The standard InChI is InChI=1S/C23H25N3OS/c27-22(18-28-23-24-14-16-26(23)21-11-12-21)25(17-20-9-5-2-6-10-20)15-13-19-7-3-1-4-8-19/h1-10,14,16,21H,11-13,15,17-18H2. The smallest absolute Gasteiger partial charge is 0.233 e. The van der Waals surface area contributed by atoms with Gasteiger partial charge in [0, 0.05) is 31.5 Å². The van der Waals surface area contributed by atoms with Crippen LogP contribution >= 0.6 is 11.8 Å². The van der Waals surface area contributed by atoms with E-state index in [4.69, 9.17) is 0 Å². The molecular formula is C23H25N3OS. The van der Waals surface area contributed by atoms with Gasteiger partial charge in [-0.15, -0.1) is 0 Å². The predicted molar refractivity (Wildman–Crippen MR) is 113 cm³/mol. The summed E-state index contributed by atoms with van der Waals surface area (Å²) in [6, 6.07) is 21.1. The number of nitrogens with zero attached hydrogens (tertiary/aromatic N) is 3. The first-order valence-electron chi connectivity index (χ1n) is 9.81. The van der Waals surface area contributed by atoms with E-state index in [1.54, 1.807) is 11.8 Å². The number of thioether (sulfide) groups is 1. The molecule has 28 heavy (non-hydrogen) atoms. The van der Waals surface area contributed by atoms with Gasteiger partial charge < -0.3 is 9.47 Å². The molecule has 144 valence electrons. The van der Waals surface area contributed by atoms with E-state index in [9.17, 15) is 4.79 Å². The van der Waals surface area contributed by atoms with Crippen molar-refractivity contribution in [3.8, 4) is 0 Å². The third kappa shape index (κ3) is 5.04. The van der Waals surface area contributed by atoms with E-state index in [1.165, 1.54) is 18.4 Å². The Morgan fingerprint density at radius 2 is 1.71 bits per heavy atom. The Morgan fingerprint density at radius 1 is 1.04 bits per heavy atom. The SMILES string of the molecule is O=C(CSc1nccn1C1CC1)N(CCc1ccccc1)Cc1ccccc1. The Morgan fingerprint density at radius 3 is 2.39 bits per heavy atom. The Balaban J connectivity index is 1.40. The van der Waals surface area contributed by atoms with Gasteiger partial charge in [0.05, 0.1) is 5.75 Å². The molecule has 4 rings (SSSR count). The minimum absolute atomic E-state index is 0.162. The summed E-state index contributed by atoms with van der Waals surface area (Å²) in [7, 11) is 0. The molecule has 0 atom stereocenters. The molecule has 1 aliphatic rings. The lowest BCUT2D eigenvalue weighted by Crippen LogP contribution is -2.34. The maximum Gasteiger partial charge on any atom is 0.233 e.